The third-order valence-corrected chi connectivity index (χ3v) is 4.88. The van der Waals surface area contributed by atoms with E-state index in [4.69, 9.17) is 21.1 Å². The van der Waals surface area contributed by atoms with Gasteiger partial charge in [0.1, 0.15) is 5.75 Å². The summed E-state index contributed by atoms with van der Waals surface area (Å²) in [6.45, 7) is 0. The number of hydrogen-bond donors (Lipinski definition) is 0. The van der Waals surface area contributed by atoms with Crippen molar-refractivity contribution in [3.8, 4) is 11.5 Å². The Kier molecular flexibility index (Phi) is 7.10. The lowest BCUT2D eigenvalue weighted by Crippen LogP contribution is -2.11. The van der Waals surface area contributed by atoms with Crippen molar-refractivity contribution in [2.75, 3.05) is 12.9 Å². The minimum atomic E-state index is -0.501. The predicted molar refractivity (Wildman–Crippen MR) is 101 cm³/mol. The highest BCUT2D eigenvalue weighted by atomic mass is 79.9. The molecule has 132 valence electrons. The second-order valence-corrected chi connectivity index (χ2v) is 7.08. The first-order valence-corrected chi connectivity index (χ1v) is 9.28. The average molecular weight is 447 g/mol. The molecule has 0 bridgehead atoms. The quantitative estimate of drug-likeness (QED) is 0.262. The molecule has 2 aromatic carbocycles. The number of carbonyl (C=O) groups is 1. The summed E-state index contributed by atoms with van der Waals surface area (Å²) in [6.07, 6.45) is 0. The zero-order valence-electron chi connectivity index (χ0n) is 13.0. The minimum absolute atomic E-state index is 0.103. The molecule has 0 spiro atoms. The molecular formula is C16H13BrClNO5S. The lowest BCUT2D eigenvalue weighted by molar-refractivity contribution is -0.385. The molecule has 6 nitrogen and oxygen atoms in total. The fraction of sp³-hybridized carbons (Fsp3) is 0.188. The molecular weight excluding hydrogens is 434 g/mol. The van der Waals surface area contributed by atoms with E-state index in [1.54, 1.807) is 24.3 Å². The van der Waals surface area contributed by atoms with Gasteiger partial charge in [-0.25, -0.2) is 0 Å². The van der Waals surface area contributed by atoms with Crippen LogP contribution in [0.1, 0.15) is 5.56 Å². The number of nitro benzene ring substituents is 1. The molecule has 0 saturated carbocycles. The van der Waals surface area contributed by atoms with Gasteiger partial charge in [0.25, 0.3) is 0 Å². The van der Waals surface area contributed by atoms with E-state index in [1.165, 1.54) is 31.0 Å². The van der Waals surface area contributed by atoms with Gasteiger partial charge in [-0.15, -0.1) is 11.8 Å². The standard InChI is InChI=1S/C16H13BrClNO5S/c1-23-15-4-2-10(6-13(15)19(21)22)8-25-9-16(20)24-14-5-3-11(18)7-12(14)17/h2-7H,8-9H2,1H3. The van der Waals surface area contributed by atoms with Crippen molar-refractivity contribution >= 4 is 50.9 Å². The van der Waals surface area contributed by atoms with Crippen LogP contribution in [0.2, 0.25) is 5.02 Å². The number of nitro groups is 1. The van der Waals surface area contributed by atoms with Crippen molar-refractivity contribution < 1.29 is 19.2 Å². The molecule has 0 N–H and O–H groups in total. The van der Waals surface area contributed by atoms with Gasteiger partial charge in [0.2, 0.25) is 0 Å². The van der Waals surface area contributed by atoms with Gasteiger partial charge in [-0.2, -0.15) is 0 Å². The number of methoxy groups -OCH3 is 1. The Balaban J connectivity index is 1.91. The molecule has 25 heavy (non-hydrogen) atoms. The van der Waals surface area contributed by atoms with E-state index in [2.05, 4.69) is 15.9 Å². The fourth-order valence-electron chi connectivity index (χ4n) is 1.93. The second kappa shape index (κ2) is 9.07. The monoisotopic (exact) mass is 445 g/mol. The first-order chi connectivity index (χ1) is 11.9. The third kappa shape index (κ3) is 5.62. The number of nitrogens with zero attached hydrogens (tertiary/aromatic N) is 1. The van der Waals surface area contributed by atoms with Crippen LogP contribution in [0.3, 0.4) is 0 Å². The summed E-state index contributed by atoms with van der Waals surface area (Å²) in [5.74, 6) is 0.702. The molecule has 0 atom stereocenters. The summed E-state index contributed by atoms with van der Waals surface area (Å²) >= 11 is 10.4. The Morgan fingerprint density at radius 1 is 1.28 bits per heavy atom. The van der Waals surface area contributed by atoms with Gasteiger partial charge < -0.3 is 9.47 Å². The average Bonchev–Trinajstić information content (AvgIpc) is 2.57. The van der Waals surface area contributed by atoms with Crippen LogP contribution >= 0.6 is 39.3 Å². The smallest absolute Gasteiger partial charge is 0.321 e. The number of benzene rings is 2. The maximum Gasteiger partial charge on any atom is 0.321 e. The van der Waals surface area contributed by atoms with E-state index < -0.39 is 10.9 Å². The Morgan fingerprint density at radius 3 is 2.64 bits per heavy atom. The van der Waals surface area contributed by atoms with Gasteiger partial charge in [-0.05, 0) is 45.8 Å². The van der Waals surface area contributed by atoms with Crippen LogP contribution in [0, 0.1) is 10.1 Å². The van der Waals surface area contributed by atoms with Crippen LogP contribution in [0.15, 0.2) is 40.9 Å². The van der Waals surface area contributed by atoms with E-state index in [1.807, 2.05) is 0 Å². The Hall–Kier alpha value is -1.77. The highest BCUT2D eigenvalue weighted by Crippen LogP contribution is 2.30. The normalized spacial score (nSPS) is 10.4. The number of hydrogen-bond acceptors (Lipinski definition) is 6. The van der Waals surface area contributed by atoms with Crippen molar-refractivity contribution in [3.05, 3.63) is 61.6 Å². The maximum atomic E-state index is 11.9. The van der Waals surface area contributed by atoms with Gasteiger partial charge in [0, 0.05) is 16.8 Å². The Labute approximate surface area is 161 Å². The van der Waals surface area contributed by atoms with Crippen LogP contribution in [0.25, 0.3) is 0 Å². The molecule has 0 radical (unpaired) electrons. The summed E-state index contributed by atoms with van der Waals surface area (Å²) < 4.78 is 10.8. The number of esters is 1. The van der Waals surface area contributed by atoms with Crippen molar-refractivity contribution in [1.29, 1.82) is 0 Å². The van der Waals surface area contributed by atoms with Crippen molar-refractivity contribution in [1.82, 2.24) is 0 Å². The summed E-state index contributed by atoms with van der Waals surface area (Å²) in [6, 6.07) is 9.55. The van der Waals surface area contributed by atoms with Gasteiger partial charge in [0.15, 0.2) is 5.75 Å². The summed E-state index contributed by atoms with van der Waals surface area (Å²) in [5, 5.41) is 11.5. The first kappa shape index (κ1) is 19.6. The van der Waals surface area contributed by atoms with Crippen LogP contribution in [0.5, 0.6) is 11.5 Å². The van der Waals surface area contributed by atoms with E-state index in [9.17, 15) is 14.9 Å². The van der Waals surface area contributed by atoms with Crippen molar-refractivity contribution in [2.24, 2.45) is 0 Å². The van der Waals surface area contributed by atoms with Gasteiger partial charge in [-0.3, -0.25) is 14.9 Å². The van der Waals surface area contributed by atoms with Crippen molar-refractivity contribution in [3.63, 3.8) is 0 Å². The molecule has 0 heterocycles. The van der Waals surface area contributed by atoms with E-state index in [0.29, 0.717) is 21.0 Å². The number of thioether (sulfide) groups is 1. The molecule has 0 saturated heterocycles. The Bertz CT molecular complexity index is 802. The fourth-order valence-corrected chi connectivity index (χ4v) is 3.44. The van der Waals surface area contributed by atoms with Crippen LogP contribution in [-0.4, -0.2) is 23.8 Å². The number of carbonyl (C=O) groups excluding carboxylic acids is 1. The SMILES string of the molecule is COc1ccc(CSCC(=O)Oc2ccc(Cl)cc2Br)cc1[N+](=O)[O-]. The van der Waals surface area contributed by atoms with Crippen molar-refractivity contribution in [2.45, 2.75) is 5.75 Å². The molecule has 9 heteroatoms. The van der Waals surface area contributed by atoms with E-state index in [0.717, 1.165) is 5.56 Å². The summed E-state index contributed by atoms with van der Waals surface area (Å²) in [5.41, 5.74) is 0.617. The summed E-state index contributed by atoms with van der Waals surface area (Å²) in [4.78, 5) is 22.4. The highest BCUT2D eigenvalue weighted by molar-refractivity contribution is 9.10. The highest BCUT2D eigenvalue weighted by Gasteiger charge is 2.15. The molecule has 0 aromatic heterocycles. The Morgan fingerprint density at radius 2 is 2.00 bits per heavy atom. The topological polar surface area (TPSA) is 78.7 Å². The largest absolute Gasteiger partial charge is 0.490 e. The molecule has 0 unspecified atom stereocenters. The van der Waals surface area contributed by atoms with Gasteiger partial charge >= 0.3 is 11.7 Å². The second-order valence-electron chi connectivity index (χ2n) is 4.80. The van der Waals surface area contributed by atoms with Crippen LogP contribution < -0.4 is 9.47 Å². The van der Waals surface area contributed by atoms with Crippen LogP contribution in [-0.2, 0) is 10.5 Å². The number of halogens is 2. The molecule has 0 aliphatic rings. The minimum Gasteiger partial charge on any atom is -0.490 e. The number of ether oxygens (including phenoxy) is 2. The molecule has 0 aliphatic carbocycles. The van der Waals surface area contributed by atoms with Gasteiger partial charge in [0.05, 0.1) is 22.3 Å². The molecule has 0 amide bonds. The first-order valence-electron chi connectivity index (χ1n) is 6.95. The predicted octanol–water partition coefficient (Wildman–Crippen LogP) is 4.86. The molecule has 2 aromatic rings. The van der Waals surface area contributed by atoms with E-state index >= 15 is 0 Å². The molecule has 0 fully saturated rings. The molecule has 0 aliphatic heterocycles. The third-order valence-electron chi connectivity index (χ3n) is 3.05. The maximum absolute atomic E-state index is 11.9. The van der Waals surface area contributed by atoms with E-state index in [-0.39, 0.29) is 17.2 Å². The van der Waals surface area contributed by atoms with Gasteiger partial charge in [-0.1, -0.05) is 17.7 Å². The lowest BCUT2D eigenvalue weighted by atomic mass is 10.2. The lowest BCUT2D eigenvalue weighted by Gasteiger charge is -2.07. The molecule has 2 rings (SSSR count). The zero-order chi connectivity index (χ0) is 18.4. The number of rotatable bonds is 7. The zero-order valence-corrected chi connectivity index (χ0v) is 16.2. The van der Waals surface area contributed by atoms with Crippen LogP contribution in [0.4, 0.5) is 5.69 Å². The summed E-state index contributed by atoms with van der Waals surface area (Å²) in [7, 11) is 1.38.